The second-order valence-corrected chi connectivity index (χ2v) is 7.04. The van der Waals surface area contributed by atoms with Crippen molar-refractivity contribution in [3.63, 3.8) is 0 Å². The fourth-order valence-electron chi connectivity index (χ4n) is 4.17. The fraction of sp³-hybridized carbons (Fsp3) is 0.667. The SMILES string of the molecule is COC1(OC)C(=O)[C@@H]2C=C(C(C)=O)[C@H]1[C@H]1OC([C@@H](O)C(C)C)=C[C@H]12. The number of fused-ring (bicyclic) bond motifs is 1. The molecule has 132 valence electrons. The van der Waals surface area contributed by atoms with E-state index in [0.717, 1.165) is 0 Å². The summed E-state index contributed by atoms with van der Waals surface area (Å²) in [6.45, 7) is 5.25. The van der Waals surface area contributed by atoms with Crippen molar-refractivity contribution in [1.82, 2.24) is 0 Å². The summed E-state index contributed by atoms with van der Waals surface area (Å²) in [4.78, 5) is 25.1. The zero-order valence-electron chi connectivity index (χ0n) is 14.6. The van der Waals surface area contributed by atoms with Crippen LogP contribution in [0.1, 0.15) is 20.8 Å². The standard InChI is InChI=1S/C18H24O6/c1-8(2)15(20)13-7-11-12-6-10(9(3)19)14(16(11)24-13)18(22-4,23-5)17(12)21/h6-8,11-12,14-16,20H,1-5H3/t11-,12+,14-,15-,16-/m0/s1. The van der Waals surface area contributed by atoms with Crippen molar-refractivity contribution in [2.45, 2.75) is 38.8 Å². The van der Waals surface area contributed by atoms with Crippen molar-refractivity contribution in [2.24, 2.45) is 23.7 Å². The van der Waals surface area contributed by atoms with E-state index in [2.05, 4.69) is 0 Å². The van der Waals surface area contributed by atoms with Crippen LogP contribution in [-0.2, 0) is 23.8 Å². The van der Waals surface area contributed by atoms with Gasteiger partial charge in [-0.05, 0) is 18.9 Å². The summed E-state index contributed by atoms with van der Waals surface area (Å²) < 4.78 is 17.0. The molecule has 1 saturated carbocycles. The van der Waals surface area contributed by atoms with Crippen molar-refractivity contribution >= 4 is 11.6 Å². The molecule has 0 aromatic rings. The highest BCUT2D eigenvalue weighted by Gasteiger charge is 2.66. The quantitative estimate of drug-likeness (QED) is 0.761. The van der Waals surface area contributed by atoms with E-state index in [4.69, 9.17) is 14.2 Å². The Kier molecular flexibility index (Phi) is 4.18. The highest BCUT2D eigenvalue weighted by atomic mass is 16.7. The molecule has 5 atom stereocenters. The van der Waals surface area contributed by atoms with Crippen molar-refractivity contribution in [3.05, 3.63) is 23.5 Å². The first kappa shape index (κ1) is 17.3. The summed E-state index contributed by atoms with van der Waals surface area (Å²) in [7, 11) is 2.81. The molecule has 0 radical (unpaired) electrons. The summed E-state index contributed by atoms with van der Waals surface area (Å²) in [5, 5.41) is 10.3. The molecule has 0 saturated heterocycles. The Morgan fingerprint density at radius 3 is 2.42 bits per heavy atom. The molecule has 4 rings (SSSR count). The monoisotopic (exact) mass is 336 g/mol. The molecular formula is C18H24O6. The lowest BCUT2D eigenvalue weighted by atomic mass is 9.59. The largest absolute Gasteiger partial charge is 0.491 e. The number of ketones is 2. The minimum atomic E-state index is -1.52. The van der Waals surface area contributed by atoms with Gasteiger partial charge in [0.1, 0.15) is 18.0 Å². The van der Waals surface area contributed by atoms with E-state index in [-0.39, 0.29) is 23.4 Å². The van der Waals surface area contributed by atoms with Crippen molar-refractivity contribution < 1.29 is 28.9 Å². The number of allylic oxidation sites excluding steroid dienone is 1. The second kappa shape index (κ2) is 5.79. The molecule has 0 spiro atoms. The van der Waals surface area contributed by atoms with Crippen LogP contribution in [-0.4, -0.2) is 48.9 Å². The molecule has 6 heteroatoms. The maximum atomic E-state index is 12.9. The van der Waals surface area contributed by atoms with Gasteiger partial charge in [0.25, 0.3) is 0 Å². The third-order valence-electron chi connectivity index (χ3n) is 5.44. The minimum absolute atomic E-state index is 0.0143. The Morgan fingerprint density at radius 1 is 1.29 bits per heavy atom. The molecular weight excluding hydrogens is 312 g/mol. The molecule has 1 heterocycles. The molecule has 1 aliphatic heterocycles. The topological polar surface area (TPSA) is 82.1 Å². The normalized spacial score (nSPS) is 34.5. The van der Waals surface area contributed by atoms with Crippen molar-refractivity contribution in [2.75, 3.05) is 14.2 Å². The van der Waals surface area contributed by atoms with Gasteiger partial charge in [0.2, 0.25) is 5.79 Å². The lowest BCUT2D eigenvalue weighted by Gasteiger charge is -2.51. The minimum Gasteiger partial charge on any atom is -0.491 e. The lowest BCUT2D eigenvalue weighted by molar-refractivity contribution is -0.256. The summed E-state index contributed by atoms with van der Waals surface area (Å²) in [5.41, 5.74) is 0.498. The van der Waals surface area contributed by atoms with E-state index in [1.54, 1.807) is 6.08 Å². The first-order valence-corrected chi connectivity index (χ1v) is 8.22. The molecule has 0 unspecified atom stereocenters. The van der Waals surface area contributed by atoms with Crippen LogP contribution in [0.15, 0.2) is 23.5 Å². The summed E-state index contributed by atoms with van der Waals surface area (Å²) in [5.74, 6) is -2.83. The van der Waals surface area contributed by atoms with Gasteiger partial charge in [-0.2, -0.15) is 0 Å². The van der Waals surface area contributed by atoms with Gasteiger partial charge in [-0.15, -0.1) is 0 Å². The number of rotatable bonds is 5. The molecule has 1 N–H and O–H groups in total. The van der Waals surface area contributed by atoms with Gasteiger partial charge < -0.3 is 19.3 Å². The molecule has 4 aliphatic rings. The predicted octanol–water partition coefficient (Wildman–Crippen LogP) is 1.24. The van der Waals surface area contributed by atoms with E-state index in [9.17, 15) is 14.7 Å². The lowest BCUT2D eigenvalue weighted by Crippen LogP contribution is -2.66. The van der Waals surface area contributed by atoms with Crippen LogP contribution in [0, 0.1) is 23.7 Å². The number of hydrogen-bond donors (Lipinski definition) is 1. The zero-order valence-corrected chi connectivity index (χ0v) is 14.6. The third kappa shape index (κ3) is 2.13. The fourth-order valence-corrected chi connectivity index (χ4v) is 4.17. The molecule has 0 aromatic carbocycles. The number of hydrogen-bond acceptors (Lipinski definition) is 6. The first-order chi connectivity index (χ1) is 11.3. The Bertz CT molecular complexity index is 627. The van der Waals surface area contributed by atoms with Gasteiger partial charge in [0, 0.05) is 25.7 Å². The van der Waals surface area contributed by atoms with Gasteiger partial charge in [-0.1, -0.05) is 19.9 Å². The average Bonchev–Trinajstić information content (AvgIpc) is 3.00. The van der Waals surface area contributed by atoms with E-state index in [0.29, 0.717) is 11.3 Å². The number of carbonyl (C=O) groups is 2. The van der Waals surface area contributed by atoms with Crippen LogP contribution < -0.4 is 0 Å². The van der Waals surface area contributed by atoms with Gasteiger partial charge in [-0.25, -0.2) is 0 Å². The van der Waals surface area contributed by atoms with Gasteiger partial charge >= 0.3 is 0 Å². The third-order valence-corrected chi connectivity index (χ3v) is 5.44. The van der Waals surface area contributed by atoms with Gasteiger partial charge in [-0.3, -0.25) is 9.59 Å². The molecule has 1 fully saturated rings. The Labute approximate surface area is 141 Å². The Morgan fingerprint density at radius 2 is 1.92 bits per heavy atom. The van der Waals surface area contributed by atoms with E-state index in [1.807, 2.05) is 19.9 Å². The van der Waals surface area contributed by atoms with E-state index >= 15 is 0 Å². The average molecular weight is 336 g/mol. The maximum absolute atomic E-state index is 12.9. The number of ether oxygens (including phenoxy) is 3. The van der Waals surface area contributed by atoms with Gasteiger partial charge in [0.15, 0.2) is 11.6 Å². The summed E-state index contributed by atoms with van der Waals surface area (Å²) >= 11 is 0. The number of carbonyl (C=O) groups excluding carboxylic acids is 2. The molecule has 24 heavy (non-hydrogen) atoms. The number of methoxy groups -OCH3 is 2. The van der Waals surface area contributed by atoms with Crippen LogP contribution in [0.25, 0.3) is 0 Å². The maximum Gasteiger partial charge on any atom is 0.239 e. The van der Waals surface area contributed by atoms with E-state index in [1.165, 1.54) is 21.1 Å². The van der Waals surface area contributed by atoms with Crippen LogP contribution >= 0.6 is 0 Å². The number of Topliss-reactive ketones (excluding diaryl/α,β-unsaturated/α-hetero) is 2. The second-order valence-electron chi connectivity index (χ2n) is 7.04. The van der Waals surface area contributed by atoms with Gasteiger partial charge in [0.05, 0.1) is 11.8 Å². The van der Waals surface area contributed by atoms with Crippen LogP contribution in [0.5, 0.6) is 0 Å². The molecule has 3 aliphatic carbocycles. The highest BCUT2D eigenvalue weighted by molar-refractivity contribution is 6.02. The zero-order chi connectivity index (χ0) is 17.8. The Balaban J connectivity index is 2.06. The highest BCUT2D eigenvalue weighted by Crippen LogP contribution is 2.54. The van der Waals surface area contributed by atoms with Crippen LogP contribution in [0.2, 0.25) is 0 Å². The van der Waals surface area contributed by atoms with Crippen molar-refractivity contribution in [1.29, 1.82) is 0 Å². The Hall–Kier alpha value is -1.50. The number of aliphatic hydroxyl groups is 1. The molecule has 0 amide bonds. The smallest absolute Gasteiger partial charge is 0.239 e. The van der Waals surface area contributed by atoms with E-state index < -0.39 is 29.8 Å². The molecule has 0 aromatic heterocycles. The predicted molar refractivity (Wildman–Crippen MR) is 84.8 cm³/mol. The van der Waals surface area contributed by atoms with Crippen LogP contribution in [0.3, 0.4) is 0 Å². The molecule has 6 nitrogen and oxygen atoms in total. The van der Waals surface area contributed by atoms with Crippen LogP contribution in [0.4, 0.5) is 0 Å². The summed E-state index contributed by atoms with van der Waals surface area (Å²) in [6, 6.07) is 0. The molecule has 2 bridgehead atoms. The number of aliphatic hydroxyl groups excluding tert-OH is 1. The first-order valence-electron chi connectivity index (χ1n) is 8.22. The summed E-state index contributed by atoms with van der Waals surface area (Å²) in [6.07, 6.45) is 2.34. The van der Waals surface area contributed by atoms with Crippen molar-refractivity contribution in [3.8, 4) is 0 Å².